The Morgan fingerprint density at radius 2 is 1.62 bits per heavy atom. The number of nitrogens with one attached hydrogen (secondary N) is 1. The molecular formula is C53H57F2N11O5. The van der Waals surface area contributed by atoms with E-state index in [1.54, 1.807) is 60.7 Å². The number of fused-ring (bicyclic) bond motifs is 4. The number of piperidine rings is 1. The van der Waals surface area contributed by atoms with Gasteiger partial charge in [-0.2, -0.15) is 10.2 Å². The van der Waals surface area contributed by atoms with E-state index in [2.05, 4.69) is 70.7 Å². The van der Waals surface area contributed by atoms with E-state index in [4.69, 9.17) is 14.4 Å². The lowest BCUT2D eigenvalue weighted by molar-refractivity contribution is -0.0592. The molecule has 12 rings (SSSR count). The minimum absolute atomic E-state index is 0.0148. The van der Waals surface area contributed by atoms with E-state index in [0.717, 1.165) is 42.5 Å². The molecule has 3 aromatic carbocycles. The molecule has 1 saturated carbocycles. The molecule has 4 aliphatic rings. The predicted molar refractivity (Wildman–Crippen MR) is 262 cm³/mol. The molecule has 368 valence electrons. The molecule has 3 aliphatic heterocycles. The van der Waals surface area contributed by atoms with Crippen molar-refractivity contribution < 1.29 is 22.8 Å². The molecule has 2 saturated heterocycles. The van der Waals surface area contributed by atoms with Gasteiger partial charge in [-0.05, 0) is 158 Å². The first kappa shape index (κ1) is 45.2. The summed E-state index contributed by atoms with van der Waals surface area (Å²) in [5, 5.41) is 15.1. The van der Waals surface area contributed by atoms with Crippen molar-refractivity contribution in [1.82, 2.24) is 53.2 Å². The summed E-state index contributed by atoms with van der Waals surface area (Å²) in [6.45, 7) is 14.1. The lowest BCUT2D eigenvalue weighted by Gasteiger charge is -2.48. The van der Waals surface area contributed by atoms with E-state index in [0.29, 0.717) is 77.6 Å². The molecule has 16 nitrogen and oxygen atoms in total. The van der Waals surface area contributed by atoms with Crippen LogP contribution in [0.5, 0.6) is 0 Å². The second-order valence-electron chi connectivity index (χ2n) is 21.5. The fourth-order valence-electron chi connectivity index (χ4n) is 12.4. The van der Waals surface area contributed by atoms with Gasteiger partial charge in [-0.1, -0.05) is 18.1 Å². The van der Waals surface area contributed by atoms with Gasteiger partial charge in [0.1, 0.15) is 22.9 Å². The Kier molecular flexibility index (Phi) is 10.1. The third-order valence-electron chi connectivity index (χ3n) is 16.5. The van der Waals surface area contributed by atoms with Gasteiger partial charge < -0.3 is 19.1 Å². The van der Waals surface area contributed by atoms with Crippen molar-refractivity contribution in [2.45, 2.75) is 102 Å². The summed E-state index contributed by atoms with van der Waals surface area (Å²) in [5.41, 5.74) is 3.45. The molecule has 8 aromatic rings. The van der Waals surface area contributed by atoms with Gasteiger partial charge in [0, 0.05) is 54.5 Å². The van der Waals surface area contributed by atoms with E-state index < -0.39 is 34.3 Å². The maximum atomic E-state index is 16.4. The number of imidazole rings is 1. The van der Waals surface area contributed by atoms with Crippen molar-refractivity contribution in [2.75, 3.05) is 33.3 Å². The third-order valence-corrected chi connectivity index (χ3v) is 16.5. The average Bonchev–Trinajstić information content (AvgIpc) is 3.98. The maximum Gasteiger partial charge on any atom is 0.438 e. The van der Waals surface area contributed by atoms with Crippen LogP contribution in [-0.2, 0) is 22.7 Å². The number of aromatic nitrogens is 9. The molecule has 1 aliphatic carbocycles. The van der Waals surface area contributed by atoms with Crippen LogP contribution in [0.25, 0.3) is 39.0 Å². The SMILES string of the molecule is Cc1cc(-n2nc3c(c2-n2ccn(-c4ccc5c(cnn5C)c4F)c2=O)[C@H](C)N(C(=O)c2cc4cc([C@H]5CCOC(C)(C)C5)ccc4n2[C@@]2(c4noc(=O)[nH]4)C[C@@H]2C)CC32CCN(C)CC2)cc(C)c1F. The number of aromatic amines is 1. The standard InChI is InChI=1S/C53H57F2N11O5/c1-29-21-36(22-30(2)43(29)54)66-46(63-19-18-62(50(63)69)40-12-11-39-37(44(40)55)27-56-61(39)8)42-32(4)64(28-52(45(42)58-66)14-16-60(7)17-15-52)47(67)41-24-35-23-33(34-13-20-70-51(5,6)26-34)9-10-38(35)65(41)53(25-31(53)3)48-57-49(68)71-59-48/h9-12,18-19,21-24,27,31-32,34H,13-17,20,25-26,28H2,1-8H3,(H,57,59,68)/t31-,32-,34-,53-/m0/s1. The summed E-state index contributed by atoms with van der Waals surface area (Å²) in [6, 6.07) is 14.5. The Morgan fingerprint density at radius 3 is 2.31 bits per heavy atom. The van der Waals surface area contributed by atoms with Crippen molar-refractivity contribution >= 4 is 27.7 Å². The number of hydrogen-bond acceptors (Lipinski definition) is 9. The number of H-pyrrole nitrogens is 1. The molecule has 5 aromatic heterocycles. The molecule has 3 fully saturated rings. The molecule has 1 spiro atoms. The van der Waals surface area contributed by atoms with Crippen LogP contribution in [0.2, 0.25) is 0 Å². The van der Waals surface area contributed by atoms with E-state index in [1.807, 2.05) is 17.9 Å². The van der Waals surface area contributed by atoms with E-state index >= 15 is 18.4 Å². The van der Waals surface area contributed by atoms with Gasteiger partial charge in [-0.3, -0.25) is 28.1 Å². The summed E-state index contributed by atoms with van der Waals surface area (Å²) in [7, 11) is 3.81. The lowest BCUT2D eigenvalue weighted by Crippen LogP contribution is -2.54. The van der Waals surface area contributed by atoms with Gasteiger partial charge in [0.2, 0.25) is 0 Å². The number of carbonyl (C=O) groups excluding carboxylic acids is 1. The number of likely N-dealkylation sites (tertiary alicyclic amines) is 1. The van der Waals surface area contributed by atoms with Crippen molar-refractivity contribution in [1.29, 1.82) is 0 Å². The number of halogens is 2. The second kappa shape index (κ2) is 15.8. The van der Waals surface area contributed by atoms with E-state index in [1.165, 1.54) is 27.1 Å². The minimum atomic E-state index is -0.880. The molecule has 4 atom stereocenters. The first-order valence-electron chi connectivity index (χ1n) is 24.6. The fraction of sp³-hybridized carbons (Fsp3) is 0.434. The summed E-state index contributed by atoms with van der Waals surface area (Å²) < 4.78 is 51.2. The molecule has 0 radical (unpaired) electrons. The van der Waals surface area contributed by atoms with Crippen molar-refractivity contribution in [2.24, 2.45) is 13.0 Å². The zero-order valence-corrected chi connectivity index (χ0v) is 41.2. The Morgan fingerprint density at radius 1 is 0.901 bits per heavy atom. The van der Waals surface area contributed by atoms with Crippen LogP contribution in [0.4, 0.5) is 8.78 Å². The monoisotopic (exact) mass is 965 g/mol. The van der Waals surface area contributed by atoms with Crippen LogP contribution >= 0.6 is 0 Å². The Hall–Kier alpha value is -6.92. The fourth-order valence-corrected chi connectivity index (χ4v) is 12.4. The summed E-state index contributed by atoms with van der Waals surface area (Å²) >= 11 is 0. The van der Waals surface area contributed by atoms with Gasteiger partial charge in [0.15, 0.2) is 11.6 Å². The number of hydrogen-bond donors (Lipinski definition) is 1. The molecule has 0 unspecified atom stereocenters. The maximum absolute atomic E-state index is 16.4. The van der Waals surface area contributed by atoms with Gasteiger partial charge in [-0.15, -0.1) is 0 Å². The molecular weight excluding hydrogens is 909 g/mol. The number of amides is 1. The average molecular weight is 966 g/mol. The van der Waals surface area contributed by atoms with Crippen LogP contribution in [0.3, 0.4) is 0 Å². The zero-order chi connectivity index (χ0) is 49.6. The minimum Gasteiger partial charge on any atom is -0.376 e. The van der Waals surface area contributed by atoms with Crippen LogP contribution in [-0.4, -0.2) is 98.0 Å². The van der Waals surface area contributed by atoms with E-state index in [-0.39, 0.29) is 40.2 Å². The van der Waals surface area contributed by atoms with E-state index in [9.17, 15) is 4.79 Å². The van der Waals surface area contributed by atoms with Crippen molar-refractivity contribution in [3.05, 3.63) is 139 Å². The highest BCUT2D eigenvalue weighted by molar-refractivity contribution is 6.00. The molecule has 71 heavy (non-hydrogen) atoms. The normalized spacial score (nSPS) is 23.0. The molecule has 8 heterocycles. The first-order chi connectivity index (χ1) is 33.9. The van der Waals surface area contributed by atoms with Crippen LogP contribution in [0.15, 0.2) is 81.2 Å². The summed E-state index contributed by atoms with van der Waals surface area (Å²) in [5.74, 6) is -0.875. The number of nitrogens with zero attached hydrogens (tertiary/aromatic N) is 10. The highest BCUT2D eigenvalue weighted by Gasteiger charge is 2.60. The number of rotatable bonds is 7. The Bertz CT molecular complexity index is 3590. The zero-order valence-electron chi connectivity index (χ0n) is 41.2. The topological polar surface area (TPSA) is 159 Å². The van der Waals surface area contributed by atoms with Crippen LogP contribution in [0.1, 0.15) is 116 Å². The number of carbonyl (C=O) groups is 1. The quantitative estimate of drug-likeness (QED) is 0.168. The molecule has 1 N–H and O–H groups in total. The highest BCUT2D eigenvalue weighted by Crippen LogP contribution is 2.57. The first-order valence-corrected chi connectivity index (χ1v) is 24.6. The van der Waals surface area contributed by atoms with Gasteiger partial charge in [-0.25, -0.2) is 23.1 Å². The largest absolute Gasteiger partial charge is 0.438 e. The summed E-state index contributed by atoms with van der Waals surface area (Å²) in [6.07, 6.45) is 8.23. The van der Waals surface area contributed by atoms with Crippen molar-refractivity contribution in [3.8, 4) is 17.2 Å². The number of aryl methyl sites for hydroxylation is 3. The summed E-state index contributed by atoms with van der Waals surface area (Å²) in [4.78, 5) is 51.0. The Balaban J connectivity index is 1.07. The van der Waals surface area contributed by atoms with Gasteiger partial charge >= 0.3 is 11.4 Å². The Labute approximate surface area is 407 Å². The lowest BCUT2D eigenvalue weighted by atomic mass is 9.70. The second-order valence-corrected chi connectivity index (χ2v) is 21.5. The predicted octanol–water partition coefficient (Wildman–Crippen LogP) is 7.86. The molecule has 0 bridgehead atoms. The van der Waals surface area contributed by atoms with Gasteiger partial charge in [0.25, 0.3) is 5.91 Å². The molecule has 18 heteroatoms. The van der Waals surface area contributed by atoms with Crippen molar-refractivity contribution in [3.63, 3.8) is 0 Å². The number of ether oxygens (including phenoxy) is 1. The highest BCUT2D eigenvalue weighted by atomic mass is 19.1. The van der Waals surface area contributed by atoms with Crippen LogP contribution < -0.4 is 11.4 Å². The number of benzene rings is 3. The van der Waals surface area contributed by atoms with Gasteiger partial charge in [0.05, 0.1) is 45.8 Å². The van der Waals surface area contributed by atoms with Crippen LogP contribution in [0, 0.1) is 31.4 Å². The molecule has 1 amide bonds. The smallest absolute Gasteiger partial charge is 0.376 e. The third kappa shape index (κ3) is 6.80.